The van der Waals surface area contributed by atoms with Crippen LogP contribution in [0.5, 0.6) is 0 Å². The van der Waals surface area contributed by atoms with Crippen molar-refractivity contribution in [1.29, 1.82) is 0 Å². The lowest BCUT2D eigenvalue weighted by molar-refractivity contribution is -0.891. The molecule has 0 saturated carbocycles. The van der Waals surface area contributed by atoms with Gasteiger partial charge >= 0.3 is 0 Å². The number of carbonyl (C=O) groups excluding carboxylic acids is 1. The minimum atomic E-state index is -0.142. The molecule has 4 nitrogen and oxygen atoms in total. The van der Waals surface area contributed by atoms with Crippen LogP contribution in [0.2, 0.25) is 5.02 Å². The Balaban J connectivity index is 1.78. The minimum Gasteiger partial charge on any atom is -0.463 e. The number of aryl methyl sites for hydroxylation is 1. The number of hydrogen-bond donors (Lipinski definition) is 2. The van der Waals surface area contributed by atoms with Gasteiger partial charge in [0.2, 0.25) is 0 Å². The summed E-state index contributed by atoms with van der Waals surface area (Å²) in [5.41, 5.74) is 1.15. The van der Waals surface area contributed by atoms with Crippen molar-refractivity contribution in [2.24, 2.45) is 0 Å². The fraction of sp³-hybridized carbons (Fsp3) is 0.278. The number of amides is 1. The van der Waals surface area contributed by atoms with Gasteiger partial charge in [-0.15, -0.1) is 11.3 Å². The standard InChI is InChI=1S/C18H19ClN2O2S/c1-11-6-7-12-15(9-11)24-17(16(12)19)18(22)20-10-13(21(2)3)14-5-4-8-23-14/h4-9,13H,10H2,1-3H3,(H,20,22)/p+1/t13-/m0/s1. The normalized spacial score (nSPS) is 12.7. The molecule has 1 aromatic carbocycles. The molecular formula is C18H20ClN2O2S+. The summed E-state index contributed by atoms with van der Waals surface area (Å²) in [6.45, 7) is 2.51. The predicted octanol–water partition coefficient (Wildman–Crippen LogP) is 3.07. The summed E-state index contributed by atoms with van der Waals surface area (Å²) in [6, 6.07) is 9.87. The number of rotatable bonds is 5. The highest BCUT2D eigenvalue weighted by molar-refractivity contribution is 7.21. The number of thiophene rings is 1. The number of nitrogens with one attached hydrogen (secondary N) is 2. The van der Waals surface area contributed by atoms with Crippen molar-refractivity contribution in [3.05, 3.63) is 57.8 Å². The number of likely N-dealkylation sites (N-methyl/N-ethyl adjacent to an activating group) is 1. The van der Waals surface area contributed by atoms with Crippen molar-refractivity contribution in [2.75, 3.05) is 20.6 Å². The molecule has 0 radical (unpaired) electrons. The van der Waals surface area contributed by atoms with Crippen LogP contribution in [0.4, 0.5) is 0 Å². The maximum absolute atomic E-state index is 12.6. The number of hydrogen-bond acceptors (Lipinski definition) is 3. The van der Waals surface area contributed by atoms with E-state index >= 15 is 0 Å². The Morgan fingerprint density at radius 1 is 1.38 bits per heavy atom. The highest BCUT2D eigenvalue weighted by Crippen LogP contribution is 2.35. The molecule has 6 heteroatoms. The lowest BCUT2D eigenvalue weighted by Crippen LogP contribution is -3.07. The van der Waals surface area contributed by atoms with E-state index in [0.29, 0.717) is 16.4 Å². The molecule has 0 saturated heterocycles. The SMILES string of the molecule is Cc1ccc2c(Cl)c(C(=O)NC[C@@H](c3ccco3)[NH+](C)C)sc2c1. The van der Waals surface area contributed by atoms with E-state index in [1.54, 1.807) is 6.26 Å². The van der Waals surface area contributed by atoms with Crippen LogP contribution < -0.4 is 10.2 Å². The monoisotopic (exact) mass is 363 g/mol. The average Bonchev–Trinajstić information content (AvgIpc) is 3.15. The van der Waals surface area contributed by atoms with E-state index in [-0.39, 0.29) is 11.9 Å². The third kappa shape index (κ3) is 3.34. The molecule has 2 N–H and O–H groups in total. The van der Waals surface area contributed by atoms with E-state index in [1.807, 2.05) is 45.3 Å². The molecular weight excluding hydrogens is 344 g/mol. The molecule has 24 heavy (non-hydrogen) atoms. The fourth-order valence-electron chi connectivity index (χ4n) is 2.67. The van der Waals surface area contributed by atoms with Crippen LogP contribution >= 0.6 is 22.9 Å². The van der Waals surface area contributed by atoms with Crippen molar-refractivity contribution in [3.63, 3.8) is 0 Å². The highest BCUT2D eigenvalue weighted by atomic mass is 35.5. The molecule has 0 aliphatic heterocycles. The first-order valence-corrected chi connectivity index (χ1v) is 8.97. The Morgan fingerprint density at radius 3 is 2.83 bits per heavy atom. The molecule has 0 spiro atoms. The molecule has 2 heterocycles. The Kier molecular flexibility index (Phi) is 4.94. The van der Waals surface area contributed by atoms with Crippen molar-refractivity contribution in [1.82, 2.24) is 5.32 Å². The quantitative estimate of drug-likeness (QED) is 0.731. The third-order valence-corrected chi connectivity index (χ3v) is 5.70. The van der Waals surface area contributed by atoms with E-state index < -0.39 is 0 Å². The van der Waals surface area contributed by atoms with Crippen molar-refractivity contribution >= 4 is 38.9 Å². The van der Waals surface area contributed by atoms with Gasteiger partial charge in [-0.1, -0.05) is 23.7 Å². The molecule has 1 amide bonds. The first kappa shape index (κ1) is 17.0. The van der Waals surface area contributed by atoms with Crippen LogP contribution in [0.3, 0.4) is 0 Å². The smallest absolute Gasteiger partial charge is 0.263 e. The van der Waals surface area contributed by atoms with E-state index in [1.165, 1.54) is 16.2 Å². The number of carbonyl (C=O) groups is 1. The summed E-state index contributed by atoms with van der Waals surface area (Å²) in [5, 5.41) is 4.45. The van der Waals surface area contributed by atoms with Gasteiger partial charge in [-0.05, 0) is 30.7 Å². The molecule has 2 aromatic heterocycles. The summed E-state index contributed by atoms with van der Waals surface area (Å²) in [7, 11) is 4.07. The Bertz CT molecular complexity index is 855. The van der Waals surface area contributed by atoms with Crippen molar-refractivity contribution in [3.8, 4) is 0 Å². The Hall–Kier alpha value is -1.82. The molecule has 1 atom stereocenters. The van der Waals surface area contributed by atoms with Gasteiger partial charge in [0.25, 0.3) is 5.91 Å². The van der Waals surface area contributed by atoms with Gasteiger partial charge in [-0.3, -0.25) is 4.79 Å². The summed E-state index contributed by atoms with van der Waals surface area (Å²) < 4.78 is 6.52. The van der Waals surface area contributed by atoms with Gasteiger partial charge in [0, 0.05) is 10.1 Å². The lowest BCUT2D eigenvalue weighted by Gasteiger charge is -2.19. The molecule has 0 fully saturated rings. The number of benzene rings is 1. The van der Waals surface area contributed by atoms with Gasteiger partial charge in [0.1, 0.15) is 4.88 Å². The van der Waals surface area contributed by atoms with Crippen LogP contribution in [0.1, 0.15) is 27.0 Å². The maximum Gasteiger partial charge on any atom is 0.263 e. The lowest BCUT2D eigenvalue weighted by atomic mass is 10.2. The van der Waals surface area contributed by atoms with Gasteiger partial charge in [0.05, 0.1) is 31.9 Å². The van der Waals surface area contributed by atoms with Gasteiger partial charge < -0.3 is 14.6 Å². The van der Waals surface area contributed by atoms with Crippen LogP contribution in [-0.4, -0.2) is 26.5 Å². The van der Waals surface area contributed by atoms with Crippen molar-refractivity contribution < 1.29 is 14.1 Å². The summed E-state index contributed by atoms with van der Waals surface area (Å²) in [4.78, 5) is 14.3. The van der Waals surface area contributed by atoms with Crippen LogP contribution in [0.25, 0.3) is 10.1 Å². The highest BCUT2D eigenvalue weighted by Gasteiger charge is 2.23. The second-order valence-corrected chi connectivity index (χ2v) is 7.53. The zero-order valence-corrected chi connectivity index (χ0v) is 15.4. The maximum atomic E-state index is 12.6. The molecule has 126 valence electrons. The van der Waals surface area contributed by atoms with Crippen molar-refractivity contribution in [2.45, 2.75) is 13.0 Å². The topological polar surface area (TPSA) is 46.7 Å². The number of fused-ring (bicyclic) bond motifs is 1. The second kappa shape index (κ2) is 6.97. The number of quaternary nitrogens is 1. The first-order valence-electron chi connectivity index (χ1n) is 7.77. The van der Waals surface area contributed by atoms with E-state index in [9.17, 15) is 4.79 Å². The molecule has 0 unspecified atom stereocenters. The molecule has 0 aliphatic carbocycles. The zero-order chi connectivity index (χ0) is 17.3. The first-order chi connectivity index (χ1) is 11.5. The van der Waals surface area contributed by atoms with Gasteiger partial charge in [-0.2, -0.15) is 0 Å². The molecule has 3 aromatic rings. The third-order valence-electron chi connectivity index (χ3n) is 4.04. The number of halogens is 1. The Morgan fingerprint density at radius 2 is 2.17 bits per heavy atom. The summed E-state index contributed by atoms with van der Waals surface area (Å²) in [5.74, 6) is 0.713. The molecule has 0 bridgehead atoms. The molecule has 0 aliphatic rings. The number of furan rings is 1. The van der Waals surface area contributed by atoms with E-state index in [0.717, 1.165) is 21.4 Å². The van der Waals surface area contributed by atoms with E-state index in [2.05, 4.69) is 11.4 Å². The van der Waals surface area contributed by atoms with Gasteiger partial charge in [-0.25, -0.2) is 0 Å². The summed E-state index contributed by atoms with van der Waals surface area (Å²) >= 11 is 7.84. The fourth-order valence-corrected chi connectivity index (χ4v) is 4.20. The van der Waals surface area contributed by atoms with Crippen LogP contribution in [-0.2, 0) is 0 Å². The predicted molar refractivity (Wildman–Crippen MR) is 98.2 cm³/mol. The Labute approximate surface area is 150 Å². The minimum absolute atomic E-state index is 0.0550. The molecule has 3 rings (SSSR count). The van der Waals surface area contributed by atoms with E-state index in [4.69, 9.17) is 16.0 Å². The van der Waals surface area contributed by atoms with Crippen LogP contribution in [0.15, 0.2) is 41.0 Å². The largest absolute Gasteiger partial charge is 0.463 e. The zero-order valence-electron chi connectivity index (χ0n) is 13.9. The van der Waals surface area contributed by atoms with Crippen LogP contribution in [0, 0.1) is 6.92 Å². The second-order valence-electron chi connectivity index (χ2n) is 6.10. The average molecular weight is 364 g/mol. The summed E-state index contributed by atoms with van der Waals surface area (Å²) in [6.07, 6.45) is 1.65. The van der Waals surface area contributed by atoms with Gasteiger partial charge in [0.15, 0.2) is 11.8 Å².